The maximum Gasteiger partial charge on any atom is 0.272 e. The van der Waals surface area contributed by atoms with Crippen molar-refractivity contribution >= 4 is 40.0 Å². The van der Waals surface area contributed by atoms with Crippen LogP contribution in [0.3, 0.4) is 0 Å². The van der Waals surface area contributed by atoms with Crippen molar-refractivity contribution in [3.8, 4) is 0 Å². The number of nitrogens with zero attached hydrogens (tertiary/aromatic N) is 3. The molecule has 9 heteroatoms. The van der Waals surface area contributed by atoms with Crippen LogP contribution in [0.15, 0.2) is 29.1 Å². The lowest BCUT2D eigenvalue weighted by molar-refractivity contribution is -0.130. The first-order chi connectivity index (χ1) is 13.4. The van der Waals surface area contributed by atoms with Gasteiger partial charge in [-0.15, -0.1) is 0 Å². The van der Waals surface area contributed by atoms with Crippen molar-refractivity contribution in [3.63, 3.8) is 0 Å². The smallest absolute Gasteiger partial charge is 0.272 e. The lowest BCUT2D eigenvalue weighted by Gasteiger charge is -2.29. The highest BCUT2D eigenvalue weighted by Gasteiger charge is 2.44. The molecular formula is C19H20FIN4O3. The number of aromatic amines is 1. The molecule has 4 rings (SSSR count). The van der Waals surface area contributed by atoms with E-state index in [2.05, 4.69) is 32.6 Å². The molecule has 2 aromatic rings. The average Bonchev–Trinajstić information content (AvgIpc) is 3.13. The molecule has 3 heterocycles. The first kappa shape index (κ1) is 19.3. The van der Waals surface area contributed by atoms with E-state index in [1.54, 1.807) is 0 Å². The van der Waals surface area contributed by atoms with Gasteiger partial charge in [0.2, 0.25) is 5.67 Å². The van der Waals surface area contributed by atoms with Gasteiger partial charge >= 0.3 is 0 Å². The molecule has 2 aliphatic heterocycles. The van der Waals surface area contributed by atoms with E-state index >= 15 is 4.39 Å². The number of fused-ring (bicyclic) bond motifs is 1. The van der Waals surface area contributed by atoms with Gasteiger partial charge < -0.3 is 19.5 Å². The predicted octanol–water partition coefficient (Wildman–Crippen LogP) is 1.99. The standard InChI is InChI=1S/C19H20FIN4O3/c1-19(20,18(27)25-6-5-12-13(21)3-2-4-14(12)25)17-22-15(11-16(26)23-17)24-7-9-28-10-8-24/h2-4,11H,5-10H2,1H3,(H,22,23,26)/t19-/m0/s1. The van der Waals surface area contributed by atoms with Gasteiger partial charge in [-0.25, -0.2) is 9.37 Å². The average molecular weight is 498 g/mol. The molecule has 1 N–H and O–H groups in total. The van der Waals surface area contributed by atoms with E-state index in [4.69, 9.17) is 4.74 Å². The fourth-order valence-electron chi connectivity index (χ4n) is 3.58. The zero-order valence-corrected chi connectivity index (χ0v) is 17.5. The molecule has 28 heavy (non-hydrogen) atoms. The van der Waals surface area contributed by atoms with Crippen LogP contribution < -0.4 is 15.4 Å². The van der Waals surface area contributed by atoms with Crippen LogP contribution in [0.5, 0.6) is 0 Å². The maximum atomic E-state index is 15.7. The Kier molecular flexibility index (Phi) is 5.13. The van der Waals surface area contributed by atoms with E-state index in [0.717, 1.165) is 16.1 Å². The highest BCUT2D eigenvalue weighted by molar-refractivity contribution is 14.1. The predicted molar refractivity (Wildman–Crippen MR) is 112 cm³/mol. The molecule has 0 unspecified atom stereocenters. The van der Waals surface area contributed by atoms with Gasteiger partial charge in [0, 0.05) is 35.0 Å². The minimum Gasteiger partial charge on any atom is -0.378 e. The van der Waals surface area contributed by atoms with Gasteiger partial charge in [0.05, 0.1) is 13.2 Å². The Hall–Kier alpha value is -2.01. The van der Waals surface area contributed by atoms with Gasteiger partial charge in [0.25, 0.3) is 11.5 Å². The number of alkyl halides is 1. The molecule has 1 amide bonds. The minimum absolute atomic E-state index is 0.273. The maximum absolute atomic E-state index is 15.7. The molecule has 1 fully saturated rings. The summed E-state index contributed by atoms with van der Waals surface area (Å²) >= 11 is 2.22. The second-order valence-electron chi connectivity index (χ2n) is 7.00. The van der Waals surface area contributed by atoms with Crippen LogP contribution in [0, 0.1) is 3.57 Å². The van der Waals surface area contributed by atoms with Crippen molar-refractivity contribution < 1.29 is 13.9 Å². The largest absolute Gasteiger partial charge is 0.378 e. The Morgan fingerprint density at radius 3 is 2.82 bits per heavy atom. The normalized spacial score (nSPS) is 18.7. The molecule has 7 nitrogen and oxygen atoms in total. The molecular weight excluding hydrogens is 478 g/mol. The summed E-state index contributed by atoms with van der Waals surface area (Å²) in [5, 5.41) is 0. The number of rotatable bonds is 3. The Balaban J connectivity index is 1.67. The van der Waals surface area contributed by atoms with Gasteiger partial charge in [-0.2, -0.15) is 0 Å². The summed E-state index contributed by atoms with van der Waals surface area (Å²) < 4.78 is 22.1. The summed E-state index contributed by atoms with van der Waals surface area (Å²) in [6.07, 6.45) is 0.675. The number of amides is 1. The fraction of sp³-hybridized carbons (Fsp3) is 0.421. The number of aromatic nitrogens is 2. The number of carbonyl (C=O) groups is 1. The monoisotopic (exact) mass is 498 g/mol. The second kappa shape index (κ2) is 7.43. The SMILES string of the molecule is C[C@@](F)(C(=O)N1CCc2c(I)cccc21)c1nc(N2CCOCC2)cc(=O)[nH]1. The van der Waals surface area contributed by atoms with E-state index in [0.29, 0.717) is 50.8 Å². The molecule has 0 spiro atoms. The quantitative estimate of drug-likeness (QED) is 0.656. The highest BCUT2D eigenvalue weighted by Crippen LogP contribution is 2.35. The Morgan fingerprint density at radius 1 is 1.32 bits per heavy atom. The van der Waals surface area contributed by atoms with Crippen molar-refractivity contribution in [2.24, 2.45) is 0 Å². The number of nitrogens with one attached hydrogen (secondary N) is 1. The van der Waals surface area contributed by atoms with Crippen molar-refractivity contribution in [3.05, 3.63) is 49.6 Å². The van der Waals surface area contributed by atoms with E-state index in [1.807, 2.05) is 23.1 Å². The number of anilines is 2. The second-order valence-corrected chi connectivity index (χ2v) is 8.16. The first-order valence-electron chi connectivity index (χ1n) is 9.11. The van der Waals surface area contributed by atoms with E-state index < -0.39 is 17.1 Å². The molecule has 1 atom stereocenters. The number of ether oxygens (including phenoxy) is 1. The third-order valence-corrected chi connectivity index (χ3v) is 6.14. The summed E-state index contributed by atoms with van der Waals surface area (Å²) in [6.45, 7) is 3.71. The minimum atomic E-state index is -2.45. The van der Waals surface area contributed by atoms with Gasteiger partial charge in [-0.3, -0.25) is 9.59 Å². The zero-order valence-electron chi connectivity index (χ0n) is 15.4. The van der Waals surface area contributed by atoms with Crippen LogP contribution in [0.1, 0.15) is 18.3 Å². The van der Waals surface area contributed by atoms with Gasteiger partial charge in [-0.1, -0.05) is 6.07 Å². The third kappa shape index (κ3) is 3.41. The highest BCUT2D eigenvalue weighted by atomic mass is 127. The lowest BCUT2D eigenvalue weighted by atomic mass is 10.1. The first-order valence-corrected chi connectivity index (χ1v) is 10.2. The molecule has 1 aromatic carbocycles. The van der Waals surface area contributed by atoms with E-state index in [-0.39, 0.29) is 5.82 Å². The van der Waals surface area contributed by atoms with E-state index in [9.17, 15) is 9.59 Å². The number of H-pyrrole nitrogens is 1. The summed E-state index contributed by atoms with van der Waals surface area (Å²) in [5.74, 6) is -0.642. The van der Waals surface area contributed by atoms with Crippen LogP contribution in [-0.2, 0) is 21.6 Å². The number of halogens is 2. The number of carbonyl (C=O) groups excluding carboxylic acids is 1. The number of benzene rings is 1. The summed E-state index contributed by atoms with van der Waals surface area (Å²) in [6, 6.07) is 6.95. The topological polar surface area (TPSA) is 78.5 Å². The van der Waals surface area contributed by atoms with Crippen LogP contribution in [-0.4, -0.2) is 48.7 Å². The zero-order chi connectivity index (χ0) is 19.9. The molecule has 148 valence electrons. The molecule has 1 aromatic heterocycles. The van der Waals surface area contributed by atoms with Gasteiger partial charge in [0.1, 0.15) is 5.82 Å². The molecule has 0 bridgehead atoms. The van der Waals surface area contributed by atoms with Crippen LogP contribution in [0.2, 0.25) is 0 Å². The molecule has 1 saturated heterocycles. The molecule has 0 aliphatic carbocycles. The Labute approximate surface area is 175 Å². The molecule has 0 radical (unpaired) electrons. The summed E-state index contributed by atoms with van der Waals surface area (Å²) in [7, 11) is 0. The fourth-order valence-corrected chi connectivity index (χ4v) is 4.33. The Morgan fingerprint density at radius 2 is 2.07 bits per heavy atom. The van der Waals surface area contributed by atoms with E-state index in [1.165, 1.54) is 11.0 Å². The third-order valence-electron chi connectivity index (χ3n) is 5.13. The number of hydrogen-bond donors (Lipinski definition) is 1. The number of morpholine rings is 1. The van der Waals surface area contributed by atoms with Crippen LogP contribution in [0.4, 0.5) is 15.9 Å². The van der Waals surface area contributed by atoms with Crippen LogP contribution >= 0.6 is 22.6 Å². The van der Waals surface area contributed by atoms with Gasteiger partial charge in [0.15, 0.2) is 5.82 Å². The van der Waals surface area contributed by atoms with Crippen molar-refractivity contribution in [1.29, 1.82) is 0 Å². The number of hydrogen-bond acceptors (Lipinski definition) is 5. The summed E-state index contributed by atoms with van der Waals surface area (Å²) in [4.78, 5) is 35.2. The Bertz CT molecular complexity index is 972. The molecule has 2 aliphatic rings. The van der Waals surface area contributed by atoms with Gasteiger partial charge in [-0.05, 0) is 53.6 Å². The van der Waals surface area contributed by atoms with Crippen molar-refractivity contribution in [2.75, 3.05) is 42.6 Å². The lowest BCUT2D eigenvalue weighted by Crippen LogP contribution is -2.44. The van der Waals surface area contributed by atoms with Crippen molar-refractivity contribution in [2.45, 2.75) is 19.0 Å². The summed E-state index contributed by atoms with van der Waals surface area (Å²) in [5.41, 5.74) is -1.19. The van der Waals surface area contributed by atoms with Crippen molar-refractivity contribution in [1.82, 2.24) is 9.97 Å². The van der Waals surface area contributed by atoms with Crippen LogP contribution in [0.25, 0.3) is 0 Å². The molecule has 0 saturated carbocycles.